The molecule has 1 unspecified atom stereocenters. The number of morpholine rings is 1. The molecule has 0 aliphatic carbocycles. The molecule has 2 N–H and O–H groups in total. The molecule has 2 heterocycles. The zero-order chi connectivity index (χ0) is 17.3. The molecule has 128 valence electrons. The van der Waals surface area contributed by atoms with Gasteiger partial charge in [0.05, 0.1) is 13.2 Å². The van der Waals surface area contributed by atoms with Crippen LogP contribution in [0.1, 0.15) is 11.6 Å². The topological polar surface area (TPSA) is 92.0 Å². The van der Waals surface area contributed by atoms with Crippen LogP contribution in [0.3, 0.4) is 0 Å². The van der Waals surface area contributed by atoms with E-state index < -0.39 is 18.0 Å². The Bertz CT molecular complexity index is 782. The lowest BCUT2D eigenvalue weighted by Gasteiger charge is -2.31. The summed E-state index contributed by atoms with van der Waals surface area (Å²) >= 11 is 3.40. The first-order valence-electron chi connectivity index (χ1n) is 7.52. The number of benzene rings is 1. The van der Waals surface area contributed by atoms with Crippen molar-refractivity contribution in [2.24, 2.45) is 0 Å². The number of ether oxygens (including phenoxy) is 1. The Labute approximate surface area is 146 Å². The van der Waals surface area contributed by atoms with Gasteiger partial charge in [-0.2, -0.15) is 0 Å². The van der Waals surface area contributed by atoms with Crippen molar-refractivity contribution in [2.45, 2.75) is 12.6 Å². The van der Waals surface area contributed by atoms with E-state index in [0.29, 0.717) is 37.4 Å². The molecule has 24 heavy (non-hydrogen) atoms. The molecule has 8 heteroatoms. The minimum absolute atomic E-state index is 0.215. The summed E-state index contributed by atoms with van der Waals surface area (Å²) in [5.74, 6) is -1.93. The maximum atomic E-state index is 11.9. The molecule has 0 bridgehead atoms. The Kier molecular flexibility index (Phi) is 4.88. The van der Waals surface area contributed by atoms with Crippen molar-refractivity contribution in [3.8, 4) is 0 Å². The van der Waals surface area contributed by atoms with Crippen LogP contribution in [0, 0.1) is 0 Å². The van der Waals surface area contributed by atoms with E-state index in [1.807, 2.05) is 17.0 Å². The summed E-state index contributed by atoms with van der Waals surface area (Å²) in [6.45, 7) is 1.81. The standard InChI is InChI=1S/C16H17BrN2O5/c17-10-1-2-13-11(7-10)12(8-19(13)9-14(20)21)15(16(22)23)18-3-5-24-6-4-18/h1-2,7-8,15H,3-6,9H2,(H,20,21)(H,22,23). The molecule has 0 amide bonds. The Balaban J connectivity index is 2.12. The van der Waals surface area contributed by atoms with Gasteiger partial charge < -0.3 is 19.5 Å². The summed E-state index contributed by atoms with van der Waals surface area (Å²) in [7, 11) is 0. The number of aliphatic carboxylic acids is 2. The quantitative estimate of drug-likeness (QED) is 0.802. The van der Waals surface area contributed by atoms with E-state index in [9.17, 15) is 14.7 Å². The van der Waals surface area contributed by atoms with Crippen molar-refractivity contribution >= 4 is 38.8 Å². The molecular formula is C16H17BrN2O5. The second kappa shape index (κ2) is 6.92. The van der Waals surface area contributed by atoms with Crippen molar-refractivity contribution in [3.63, 3.8) is 0 Å². The number of carboxylic acids is 2. The first-order chi connectivity index (χ1) is 11.5. The molecule has 3 rings (SSSR count). The number of carbonyl (C=O) groups is 2. The summed E-state index contributed by atoms with van der Waals surface area (Å²) in [6, 6.07) is 4.61. The summed E-state index contributed by atoms with van der Waals surface area (Å²) < 4.78 is 7.70. The summed E-state index contributed by atoms with van der Waals surface area (Å²) in [5.41, 5.74) is 1.30. The van der Waals surface area contributed by atoms with Gasteiger partial charge in [-0.05, 0) is 18.2 Å². The van der Waals surface area contributed by atoms with Crippen LogP contribution in [0.25, 0.3) is 10.9 Å². The van der Waals surface area contributed by atoms with Crippen LogP contribution in [-0.2, 0) is 20.9 Å². The number of rotatable bonds is 5. The molecule has 1 fully saturated rings. The summed E-state index contributed by atoms with van der Waals surface area (Å²) in [4.78, 5) is 24.9. The summed E-state index contributed by atoms with van der Waals surface area (Å²) in [6.07, 6.45) is 1.64. The first kappa shape index (κ1) is 16.9. The van der Waals surface area contributed by atoms with Crippen LogP contribution >= 0.6 is 15.9 Å². The Hall–Kier alpha value is -1.90. The van der Waals surface area contributed by atoms with Gasteiger partial charge in [0.15, 0.2) is 0 Å². The van der Waals surface area contributed by atoms with E-state index in [0.717, 1.165) is 9.86 Å². The fourth-order valence-corrected chi connectivity index (χ4v) is 3.47. The third-order valence-corrected chi connectivity index (χ3v) is 4.61. The first-order valence-corrected chi connectivity index (χ1v) is 8.31. The van der Waals surface area contributed by atoms with Gasteiger partial charge in [0.25, 0.3) is 0 Å². The van der Waals surface area contributed by atoms with Crippen molar-refractivity contribution < 1.29 is 24.5 Å². The summed E-state index contributed by atoms with van der Waals surface area (Å²) in [5, 5.41) is 19.6. The number of hydrogen-bond acceptors (Lipinski definition) is 4. The van der Waals surface area contributed by atoms with Crippen molar-refractivity contribution in [1.29, 1.82) is 0 Å². The average molecular weight is 397 g/mol. The Morgan fingerprint density at radius 1 is 1.25 bits per heavy atom. The molecule has 1 aromatic heterocycles. The molecule has 1 aliphatic rings. The van der Waals surface area contributed by atoms with Gasteiger partial charge in [-0.1, -0.05) is 15.9 Å². The van der Waals surface area contributed by atoms with E-state index >= 15 is 0 Å². The highest BCUT2D eigenvalue weighted by molar-refractivity contribution is 9.10. The molecule has 1 saturated heterocycles. The van der Waals surface area contributed by atoms with Gasteiger partial charge in [-0.25, -0.2) is 0 Å². The highest BCUT2D eigenvalue weighted by atomic mass is 79.9. The largest absolute Gasteiger partial charge is 0.480 e. The molecule has 2 aromatic rings. The van der Waals surface area contributed by atoms with Crippen molar-refractivity contribution in [3.05, 3.63) is 34.4 Å². The Morgan fingerprint density at radius 2 is 1.96 bits per heavy atom. The zero-order valence-electron chi connectivity index (χ0n) is 12.8. The normalized spacial score (nSPS) is 17.0. The predicted octanol–water partition coefficient (Wildman–Crippen LogP) is 1.95. The number of halogens is 1. The van der Waals surface area contributed by atoms with E-state index in [1.54, 1.807) is 16.8 Å². The second-order valence-corrected chi connectivity index (χ2v) is 6.57. The minimum atomic E-state index is -0.973. The van der Waals surface area contributed by atoms with Crippen LogP contribution in [-0.4, -0.2) is 57.9 Å². The van der Waals surface area contributed by atoms with Crippen LogP contribution in [0.4, 0.5) is 0 Å². The third kappa shape index (κ3) is 3.31. The minimum Gasteiger partial charge on any atom is -0.480 e. The lowest BCUT2D eigenvalue weighted by molar-refractivity contribution is -0.145. The number of nitrogens with zero attached hydrogens (tertiary/aromatic N) is 2. The van der Waals surface area contributed by atoms with Gasteiger partial charge in [0, 0.05) is 40.2 Å². The zero-order valence-corrected chi connectivity index (χ0v) is 14.4. The van der Waals surface area contributed by atoms with Crippen molar-refractivity contribution in [1.82, 2.24) is 9.47 Å². The van der Waals surface area contributed by atoms with Gasteiger partial charge in [0.1, 0.15) is 12.6 Å². The Morgan fingerprint density at radius 3 is 2.58 bits per heavy atom. The van der Waals surface area contributed by atoms with E-state index in [1.165, 1.54) is 0 Å². The molecule has 0 radical (unpaired) electrons. The molecule has 0 spiro atoms. The fourth-order valence-electron chi connectivity index (χ4n) is 3.11. The van der Waals surface area contributed by atoms with Gasteiger partial charge in [-0.3, -0.25) is 14.5 Å². The number of carboxylic acid groups (broad SMARTS) is 2. The van der Waals surface area contributed by atoms with E-state index in [2.05, 4.69) is 15.9 Å². The number of fused-ring (bicyclic) bond motifs is 1. The second-order valence-electron chi connectivity index (χ2n) is 5.66. The highest BCUT2D eigenvalue weighted by Gasteiger charge is 2.31. The lowest BCUT2D eigenvalue weighted by atomic mass is 10.0. The number of hydrogen-bond donors (Lipinski definition) is 2. The third-order valence-electron chi connectivity index (χ3n) is 4.12. The lowest BCUT2D eigenvalue weighted by Crippen LogP contribution is -2.42. The van der Waals surface area contributed by atoms with Crippen LogP contribution < -0.4 is 0 Å². The maximum absolute atomic E-state index is 11.9. The number of aromatic nitrogens is 1. The highest BCUT2D eigenvalue weighted by Crippen LogP contribution is 2.33. The monoisotopic (exact) mass is 396 g/mol. The van der Waals surface area contributed by atoms with E-state index in [4.69, 9.17) is 9.84 Å². The smallest absolute Gasteiger partial charge is 0.325 e. The molecule has 7 nitrogen and oxygen atoms in total. The van der Waals surface area contributed by atoms with Gasteiger partial charge in [-0.15, -0.1) is 0 Å². The van der Waals surface area contributed by atoms with Crippen molar-refractivity contribution in [2.75, 3.05) is 26.3 Å². The van der Waals surface area contributed by atoms with Gasteiger partial charge >= 0.3 is 11.9 Å². The predicted molar refractivity (Wildman–Crippen MR) is 90.0 cm³/mol. The molecular weight excluding hydrogens is 380 g/mol. The maximum Gasteiger partial charge on any atom is 0.325 e. The SMILES string of the molecule is O=C(O)Cn1cc(C(C(=O)O)N2CCOCC2)c2cc(Br)ccc21. The van der Waals surface area contributed by atoms with Crippen LogP contribution in [0.15, 0.2) is 28.9 Å². The molecule has 1 aliphatic heterocycles. The van der Waals surface area contributed by atoms with E-state index in [-0.39, 0.29) is 6.54 Å². The molecule has 0 saturated carbocycles. The fraction of sp³-hybridized carbons (Fsp3) is 0.375. The average Bonchev–Trinajstić information content (AvgIpc) is 2.85. The molecule has 1 aromatic carbocycles. The van der Waals surface area contributed by atoms with Crippen LogP contribution in [0.5, 0.6) is 0 Å². The van der Waals surface area contributed by atoms with Gasteiger partial charge in [0.2, 0.25) is 0 Å². The molecule has 1 atom stereocenters. The van der Waals surface area contributed by atoms with Crippen LogP contribution in [0.2, 0.25) is 0 Å².